The molecule has 0 aromatic heterocycles. The summed E-state index contributed by atoms with van der Waals surface area (Å²) < 4.78 is 11.6. The molecule has 7 heteroatoms. The predicted octanol–water partition coefficient (Wildman–Crippen LogP) is 6.59. The quantitative estimate of drug-likeness (QED) is 0.226. The molecule has 0 amide bonds. The minimum Gasteiger partial charge on any atom is -0.490 e. The van der Waals surface area contributed by atoms with Gasteiger partial charge >= 0.3 is 0 Å². The number of hydrogen-bond donors (Lipinski definition) is 0. The van der Waals surface area contributed by atoms with Crippen molar-refractivity contribution in [1.82, 2.24) is 0 Å². The topological polar surface area (TPSA) is 74.0 Å². The summed E-state index contributed by atoms with van der Waals surface area (Å²) in [6.45, 7) is 6.62. The van der Waals surface area contributed by atoms with Crippen molar-refractivity contribution in [2.75, 3.05) is 6.61 Å². The van der Waals surface area contributed by atoms with E-state index in [0.717, 1.165) is 22.4 Å². The zero-order chi connectivity index (χ0) is 22.4. The van der Waals surface area contributed by atoms with E-state index < -0.39 is 4.92 Å². The van der Waals surface area contributed by atoms with E-state index in [4.69, 9.17) is 21.1 Å². The fourth-order valence-corrected chi connectivity index (χ4v) is 3.23. The van der Waals surface area contributed by atoms with Crippen LogP contribution in [0.4, 0.5) is 11.4 Å². The summed E-state index contributed by atoms with van der Waals surface area (Å²) in [5.74, 6) is 0.935. The normalized spacial score (nSPS) is 11.0. The third-order valence-corrected chi connectivity index (χ3v) is 5.07. The second-order valence-corrected chi connectivity index (χ2v) is 7.36. The van der Waals surface area contributed by atoms with E-state index in [-0.39, 0.29) is 12.3 Å². The number of nitro benzene ring substituents is 1. The molecular formula is C24H23ClN2O4. The van der Waals surface area contributed by atoms with Gasteiger partial charge in [0.05, 0.1) is 22.2 Å². The monoisotopic (exact) mass is 438 g/mol. The molecule has 0 aliphatic carbocycles. The van der Waals surface area contributed by atoms with E-state index in [1.807, 2.05) is 32.0 Å². The number of nitrogens with zero attached hydrogens (tertiary/aromatic N) is 2. The van der Waals surface area contributed by atoms with Crippen molar-refractivity contribution in [3.05, 3.63) is 92.0 Å². The maximum atomic E-state index is 10.8. The molecule has 0 saturated carbocycles. The van der Waals surface area contributed by atoms with Crippen LogP contribution in [-0.4, -0.2) is 17.7 Å². The first-order valence-electron chi connectivity index (χ1n) is 9.81. The van der Waals surface area contributed by atoms with E-state index in [0.29, 0.717) is 23.1 Å². The molecule has 0 aliphatic heterocycles. The average Bonchev–Trinajstić information content (AvgIpc) is 2.74. The number of benzene rings is 3. The van der Waals surface area contributed by atoms with Crippen LogP contribution in [0.15, 0.2) is 59.6 Å². The van der Waals surface area contributed by atoms with Gasteiger partial charge in [-0.25, -0.2) is 0 Å². The summed E-state index contributed by atoms with van der Waals surface area (Å²) in [7, 11) is 0. The first-order valence-corrected chi connectivity index (χ1v) is 10.2. The molecule has 0 atom stereocenters. The Morgan fingerprint density at radius 1 is 1.10 bits per heavy atom. The van der Waals surface area contributed by atoms with Crippen molar-refractivity contribution in [3.8, 4) is 11.5 Å². The molecule has 0 aliphatic rings. The Morgan fingerprint density at radius 3 is 2.52 bits per heavy atom. The lowest BCUT2D eigenvalue weighted by Crippen LogP contribution is -2.01. The third kappa shape index (κ3) is 5.61. The number of nitro groups is 1. The molecule has 3 aromatic carbocycles. The van der Waals surface area contributed by atoms with Crippen molar-refractivity contribution in [1.29, 1.82) is 0 Å². The SMILES string of the molecule is CCOc1cc(C=Nc2cccc(C)c2C)cc(Cl)c1OCc1ccc([N+](=O)[O-])cc1. The molecule has 0 radical (unpaired) electrons. The lowest BCUT2D eigenvalue weighted by molar-refractivity contribution is -0.384. The molecule has 0 spiro atoms. The standard InChI is InChI=1S/C24H23ClN2O4/c1-4-30-23-13-19(14-26-22-7-5-6-16(2)17(22)3)12-21(25)24(23)31-15-18-8-10-20(11-9-18)27(28)29/h5-14H,4,15H2,1-3H3. The number of ether oxygens (including phenoxy) is 2. The van der Waals surface area contributed by atoms with Crippen molar-refractivity contribution < 1.29 is 14.4 Å². The van der Waals surface area contributed by atoms with Gasteiger partial charge < -0.3 is 9.47 Å². The van der Waals surface area contributed by atoms with Crippen molar-refractivity contribution in [2.24, 2.45) is 4.99 Å². The van der Waals surface area contributed by atoms with Crippen LogP contribution < -0.4 is 9.47 Å². The molecule has 0 N–H and O–H groups in total. The predicted molar refractivity (Wildman–Crippen MR) is 123 cm³/mol. The summed E-state index contributed by atoms with van der Waals surface area (Å²) >= 11 is 6.49. The minimum absolute atomic E-state index is 0.0317. The Bertz CT molecular complexity index is 1110. The Balaban J connectivity index is 1.82. The number of aryl methyl sites for hydroxylation is 1. The van der Waals surface area contributed by atoms with Crippen LogP contribution in [-0.2, 0) is 6.61 Å². The van der Waals surface area contributed by atoms with Crippen LogP contribution in [0.1, 0.15) is 29.2 Å². The highest BCUT2D eigenvalue weighted by Gasteiger charge is 2.13. The van der Waals surface area contributed by atoms with Crippen molar-refractivity contribution in [2.45, 2.75) is 27.4 Å². The van der Waals surface area contributed by atoms with Crippen LogP contribution in [0.25, 0.3) is 0 Å². The molecule has 0 saturated heterocycles. The second kappa shape index (κ2) is 10.1. The van der Waals surface area contributed by atoms with Gasteiger partial charge in [-0.3, -0.25) is 15.1 Å². The maximum absolute atomic E-state index is 10.8. The van der Waals surface area contributed by atoms with Gasteiger partial charge in [0.1, 0.15) is 6.61 Å². The fourth-order valence-electron chi connectivity index (χ4n) is 2.95. The van der Waals surface area contributed by atoms with Gasteiger partial charge in [-0.15, -0.1) is 0 Å². The minimum atomic E-state index is -0.437. The largest absolute Gasteiger partial charge is 0.490 e. The van der Waals surface area contributed by atoms with Crippen molar-refractivity contribution >= 4 is 29.2 Å². The van der Waals surface area contributed by atoms with Gasteiger partial charge in [-0.1, -0.05) is 23.7 Å². The Kier molecular flexibility index (Phi) is 7.26. The number of non-ortho nitro benzene ring substituents is 1. The van der Waals surface area contributed by atoms with Gasteiger partial charge in [0.15, 0.2) is 11.5 Å². The molecule has 3 aromatic rings. The lowest BCUT2D eigenvalue weighted by atomic mass is 10.1. The second-order valence-electron chi connectivity index (χ2n) is 6.95. The van der Waals surface area contributed by atoms with Crippen LogP contribution in [0.5, 0.6) is 11.5 Å². The Hall–Kier alpha value is -3.38. The zero-order valence-corrected chi connectivity index (χ0v) is 18.3. The summed E-state index contributed by atoms with van der Waals surface area (Å²) in [4.78, 5) is 14.9. The first-order chi connectivity index (χ1) is 14.9. The molecule has 0 unspecified atom stereocenters. The highest BCUT2D eigenvalue weighted by Crippen LogP contribution is 2.37. The number of halogens is 1. The molecule has 0 fully saturated rings. The summed E-state index contributed by atoms with van der Waals surface area (Å²) in [5, 5.41) is 11.2. The van der Waals surface area contributed by atoms with Gasteiger partial charge in [0, 0.05) is 18.3 Å². The highest BCUT2D eigenvalue weighted by atomic mass is 35.5. The average molecular weight is 439 g/mol. The smallest absolute Gasteiger partial charge is 0.269 e. The van der Waals surface area contributed by atoms with Crippen LogP contribution in [0.3, 0.4) is 0 Å². The molecule has 31 heavy (non-hydrogen) atoms. The van der Waals surface area contributed by atoms with E-state index in [1.54, 1.807) is 24.4 Å². The van der Waals surface area contributed by atoms with E-state index in [2.05, 4.69) is 18.0 Å². The van der Waals surface area contributed by atoms with Crippen LogP contribution >= 0.6 is 11.6 Å². The van der Waals surface area contributed by atoms with Crippen LogP contribution in [0.2, 0.25) is 5.02 Å². The summed E-state index contributed by atoms with van der Waals surface area (Å²) in [6.07, 6.45) is 1.75. The van der Waals surface area contributed by atoms with E-state index >= 15 is 0 Å². The van der Waals surface area contributed by atoms with Gasteiger partial charge in [-0.2, -0.15) is 0 Å². The Labute approximate surface area is 186 Å². The molecule has 3 rings (SSSR count). The molecule has 0 bridgehead atoms. The van der Waals surface area contributed by atoms with E-state index in [9.17, 15) is 10.1 Å². The van der Waals surface area contributed by atoms with Crippen LogP contribution in [0, 0.1) is 24.0 Å². The molecular weight excluding hydrogens is 416 g/mol. The molecule has 0 heterocycles. The van der Waals surface area contributed by atoms with Gasteiger partial charge in [-0.05, 0) is 73.4 Å². The fraction of sp³-hybridized carbons (Fsp3) is 0.208. The molecule has 160 valence electrons. The van der Waals surface area contributed by atoms with Gasteiger partial charge in [0.25, 0.3) is 5.69 Å². The first kappa shape index (κ1) is 22.3. The summed E-state index contributed by atoms with van der Waals surface area (Å²) in [5.41, 5.74) is 4.80. The Morgan fingerprint density at radius 2 is 1.84 bits per heavy atom. The highest BCUT2D eigenvalue weighted by molar-refractivity contribution is 6.32. The maximum Gasteiger partial charge on any atom is 0.269 e. The molecule has 6 nitrogen and oxygen atoms in total. The summed E-state index contributed by atoms with van der Waals surface area (Å²) in [6, 6.07) is 15.8. The van der Waals surface area contributed by atoms with Crippen molar-refractivity contribution in [3.63, 3.8) is 0 Å². The van der Waals surface area contributed by atoms with Gasteiger partial charge in [0.2, 0.25) is 0 Å². The third-order valence-electron chi connectivity index (χ3n) is 4.79. The number of aliphatic imine (C=N–C) groups is 1. The number of rotatable bonds is 8. The lowest BCUT2D eigenvalue weighted by Gasteiger charge is -2.14. The number of hydrogen-bond acceptors (Lipinski definition) is 5. The zero-order valence-electron chi connectivity index (χ0n) is 17.6. The van der Waals surface area contributed by atoms with E-state index in [1.165, 1.54) is 17.7 Å².